The third-order valence-electron chi connectivity index (χ3n) is 2.71. The highest BCUT2D eigenvalue weighted by molar-refractivity contribution is 5.96. The van der Waals surface area contributed by atoms with Crippen LogP contribution in [0.1, 0.15) is 30.1 Å². The Balaban J connectivity index is 2.52. The largest absolute Gasteiger partial charge is 0.465 e. The van der Waals surface area contributed by atoms with Crippen LogP contribution in [0.4, 0.5) is 11.4 Å². The second-order valence-corrected chi connectivity index (χ2v) is 4.32. The highest BCUT2D eigenvalue weighted by atomic mass is 16.5. The molecular weight excluding hydrogens is 258 g/mol. The molecule has 6 heteroatoms. The van der Waals surface area contributed by atoms with E-state index < -0.39 is 5.97 Å². The van der Waals surface area contributed by atoms with Gasteiger partial charge in [-0.1, -0.05) is 6.92 Å². The minimum atomic E-state index is -0.480. The van der Waals surface area contributed by atoms with Crippen molar-refractivity contribution < 1.29 is 14.3 Å². The van der Waals surface area contributed by atoms with Crippen LogP contribution in [0.3, 0.4) is 0 Å². The van der Waals surface area contributed by atoms with E-state index in [1.54, 1.807) is 18.2 Å². The summed E-state index contributed by atoms with van der Waals surface area (Å²) in [5, 5.41) is 5.87. The number of carbonyl (C=O) groups excluding carboxylic acids is 2. The molecule has 0 heterocycles. The Kier molecular flexibility index (Phi) is 6.36. The van der Waals surface area contributed by atoms with Crippen LogP contribution in [0.5, 0.6) is 0 Å². The molecule has 1 amide bonds. The molecule has 0 bridgehead atoms. The van der Waals surface area contributed by atoms with Gasteiger partial charge in [-0.2, -0.15) is 0 Å². The van der Waals surface area contributed by atoms with E-state index in [9.17, 15) is 9.59 Å². The van der Waals surface area contributed by atoms with Crippen LogP contribution in [0.15, 0.2) is 18.2 Å². The summed E-state index contributed by atoms with van der Waals surface area (Å²) in [4.78, 5) is 22.9. The average molecular weight is 279 g/mol. The Labute approximate surface area is 118 Å². The zero-order valence-corrected chi connectivity index (χ0v) is 11.9. The Morgan fingerprint density at radius 1 is 1.30 bits per heavy atom. The summed E-state index contributed by atoms with van der Waals surface area (Å²) in [5.74, 6) is -0.477. The van der Waals surface area contributed by atoms with Crippen LogP contribution < -0.4 is 16.4 Å². The van der Waals surface area contributed by atoms with Gasteiger partial charge in [-0.05, 0) is 24.6 Å². The molecule has 110 valence electrons. The molecular formula is C14H21N3O3. The summed E-state index contributed by atoms with van der Waals surface area (Å²) >= 11 is 0. The first-order valence-electron chi connectivity index (χ1n) is 6.57. The van der Waals surface area contributed by atoms with E-state index in [1.165, 1.54) is 7.11 Å². The molecule has 0 atom stereocenters. The third kappa shape index (κ3) is 4.79. The molecule has 4 N–H and O–H groups in total. The number of esters is 1. The van der Waals surface area contributed by atoms with Crippen molar-refractivity contribution in [3.8, 4) is 0 Å². The van der Waals surface area contributed by atoms with Gasteiger partial charge in [-0.25, -0.2) is 4.79 Å². The summed E-state index contributed by atoms with van der Waals surface area (Å²) in [7, 11) is 1.31. The zero-order valence-electron chi connectivity index (χ0n) is 11.9. The minimum Gasteiger partial charge on any atom is -0.465 e. The lowest BCUT2D eigenvalue weighted by Crippen LogP contribution is -2.25. The Morgan fingerprint density at radius 2 is 2.05 bits per heavy atom. The maximum absolute atomic E-state index is 11.5. The molecule has 0 aliphatic rings. The SMILES string of the molecule is CCCNC(=O)CCNc1ccc(N)c(C(=O)OC)c1. The summed E-state index contributed by atoms with van der Waals surface area (Å²) in [5.41, 5.74) is 7.11. The van der Waals surface area contributed by atoms with Crippen LogP contribution in [-0.2, 0) is 9.53 Å². The second-order valence-electron chi connectivity index (χ2n) is 4.32. The molecule has 20 heavy (non-hydrogen) atoms. The van der Waals surface area contributed by atoms with Crippen LogP contribution in [0, 0.1) is 0 Å². The third-order valence-corrected chi connectivity index (χ3v) is 2.71. The molecule has 0 fully saturated rings. The van der Waals surface area contributed by atoms with Crippen LogP contribution in [-0.4, -0.2) is 32.1 Å². The normalized spacial score (nSPS) is 9.90. The highest BCUT2D eigenvalue weighted by Gasteiger charge is 2.10. The van der Waals surface area contributed by atoms with Gasteiger partial charge in [0.15, 0.2) is 0 Å². The smallest absolute Gasteiger partial charge is 0.340 e. The van der Waals surface area contributed by atoms with Gasteiger partial charge < -0.3 is 21.1 Å². The first-order chi connectivity index (χ1) is 9.58. The molecule has 0 unspecified atom stereocenters. The summed E-state index contributed by atoms with van der Waals surface area (Å²) in [6, 6.07) is 5.00. The number of rotatable bonds is 7. The van der Waals surface area contributed by atoms with E-state index >= 15 is 0 Å². The molecule has 0 radical (unpaired) electrons. The van der Waals surface area contributed by atoms with Gasteiger partial charge >= 0.3 is 5.97 Å². The van der Waals surface area contributed by atoms with Crippen molar-refractivity contribution in [3.05, 3.63) is 23.8 Å². The predicted molar refractivity (Wildman–Crippen MR) is 78.6 cm³/mol. The molecule has 0 saturated heterocycles. The van der Waals surface area contributed by atoms with Gasteiger partial charge in [0.25, 0.3) is 0 Å². The fourth-order valence-electron chi connectivity index (χ4n) is 1.63. The van der Waals surface area contributed by atoms with Gasteiger partial charge in [-0.15, -0.1) is 0 Å². The molecule has 1 aromatic carbocycles. The molecule has 0 aliphatic heterocycles. The number of hydrogen-bond donors (Lipinski definition) is 3. The fourth-order valence-corrected chi connectivity index (χ4v) is 1.63. The van der Waals surface area contributed by atoms with Crippen molar-refractivity contribution >= 4 is 23.3 Å². The molecule has 0 spiro atoms. The van der Waals surface area contributed by atoms with Crippen molar-refractivity contribution in [3.63, 3.8) is 0 Å². The standard InChI is InChI=1S/C14H21N3O3/c1-3-7-17-13(18)6-8-16-10-4-5-12(15)11(9-10)14(19)20-2/h4-5,9,16H,3,6-8,15H2,1-2H3,(H,17,18). The maximum atomic E-state index is 11.5. The van der Waals surface area contributed by atoms with Crippen molar-refractivity contribution in [1.82, 2.24) is 5.32 Å². The van der Waals surface area contributed by atoms with Crippen molar-refractivity contribution in [1.29, 1.82) is 0 Å². The summed E-state index contributed by atoms with van der Waals surface area (Å²) in [6.45, 7) is 3.18. The van der Waals surface area contributed by atoms with E-state index in [-0.39, 0.29) is 5.91 Å². The quantitative estimate of drug-likeness (QED) is 0.518. The Morgan fingerprint density at radius 3 is 2.70 bits per heavy atom. The molecule has 0 aromatic heterocycles. The van der Waals surface area contributed by atoms with Gasteiger partial charge in [-0.3, -0.25) is 4.79 Å². The first-order valence-corrected chi connectivity index (χ1v) is 6.57. The topological polar surface area (TPSA) is 93.5 Å². The minimum absolute atomic E-state index is 0.00277. The molecule has 0 aliphatic carbocycles. The van der Waals surface area contributed by atoms with Gasteiger partial charge in [0, 0.05) is 30.9 Å². The number of nitrogens with two attached hydrogens (primary N) is 1. The number of ether oxygens (including phenoxy) is 1. The lowest BCUT2D eigenvalue weighted by atomic mass is 10.1. The molecule has 1 aromatic rings. The van der Waals surface area contributed by atoms with Gasteiger partial charge in [0.2, 0.25) is 5.91 Å². The van der Waals surface area contributed by atoms with Crippen molar-refractivity contribution in [2.75, 3.05) is 31.2 Å². The van der Waals surface area contributed by atoms with E-state index in [1.807, 2.05) is 6.92 Å². The number of anilines is 2. The number of nitrogen functional groups attached to an aromatic ring is 1. The van der Waals surface area contributed by atoms with E-state index in [4.69, 9.17) is 5.73 Å². The van der Waals surface area contributed by atoms with E-state index in [0.29, 0.717) is 30.8 Å². The second kappa shape index (κ2) is 8.04. The highest BCUT2D eigenvalue weighted by Crippen LogP contribution is 2.18. The number of hydrogen-bond acceptors (Lipinski definition) is 5. The van der Waals surface area contributed by atoms with Gasteiger partial charge in [0.05, 0.1) is 12.7 Å². The number of nitrogens with one attached hydrogen (secondary N) is 2. The predicted octanol–water partition coefficient (Wildman–Crippen LogP) is 1.38. The number of benzene rings is 1. The molecule has 6 nitrogen and oxygen atoms in total. The Hall–Kier alpha value is -2.24. The lowest BCUT2D eigenvalue weighted by molar-refractivity contribution is -0.120. The first kappa shape index (κ1) is 15.8. The van der Waals surface area contributed by atoms with Crippen LogP contribution in [0.25, 0.3) is 0 Å². The monoisotopic (exact) mass is 279 g/mol. The Bertz CT molecular complexity index is 475. The van der Waals surface area contributed by atoms with Gasteiger partial charge in [0.1, 0.15) is 0 Å². The van der Waals surface area contributed by atoms with E-state index in [0.717, 1.165) is 12.1 Å². The maximum Gasteiger partial charge on any atom is 0.340 e. The molecule has 0 saturated carbocycles. The fraction of sp³-hybridized carbons (Fsp3) is 0.429. The number of amides is 1. The van der Waals surface area contributed by atoms with Crippen molar-refractivity contribution in [2.45, 2.75) is 19.8 Å². The van der Waals surface area contributed by atoms with Crippen LogP contribution in [0.2, 0.25) is 0 Å². The van der Waals surface area contributed by atoms with Crippen molar-refractivity contribution in [2.24, 2.45) is 0 Å². The lowest BCUT2D eigenvalue weighted by Gasteiger charge is -2.09. The number of carbonyl (C=O) groups is 2. The summed E-state index contributed by atoms with van der Waals surface area (Å²) in [6.07, 6.45) is 1.29. The van der Waals surface area contributed by atoms with E-state index in [2.05, 4.69) is 15.4 Å². The number of methoxy groups -OCH3 is 1. The zero-order chi connectivity index (χ0) is 15.0. The average Bonchev–Trinajstić information content (AvgIpc) is 2.46. The van der Waals surface area contributed by atoms with Crippen LogP contribution >= 0.6 is 0 Å². The summed E-state index contributed by atoms with van der Waals surface area (Å²) < 4.78 is 4.65. The molecule has 1 rings (SSSR count).